The molecular formula is C9H12O4S. The number of sulfone groups is 1. The lowest BCUT2D eigenvalue weighted by atomic mass is 10.2. The highest BCUT2D eigenvalue weighted by Crippen LogP contribution is 2.25. The molecule has 0 bridgehead atoms. The molecule has 5 heteroatoms. The lowest BCUT2D eigenvalue weighted by molar-refractivity contribution is 0.356. The lowest BCUT2D eigenvalue weighted by Gasteiger charge is -2.08. The quantitative estimate of drug-likeness (QED) is 0.809. The Kier molecular flexibility index (Phi) is 3.13. The molecule has 0 spiro atoms. The number of benzene rings is 1. The van der Waals surface area contributed by atoms with Crippen molar-refractivity contribution >= 4 is 9.84 Å². The second kappa shape index (κ2) is 3.98. The molecule has 0 aromatic heterocycles. The second-order valence-corrected chi connectivity index (χ2v) is 4.83. The van der Waals surface area contributed by atoms with E-state index in [9.17, 15) is 8.42 Å². The summed E-state index contributed by atoms with van der Waals surface area (Å²) in [7, 11) is -2.24. The van der Waals surface area contributed by atoms with E-state index in [1.165, 1.54) is 13.2 Å². The molecule has 1 aromatic carbocycles. The Labute approximate surface area is 83.1 Å². The van der Waals surface area contributed by atoms with E-state index in [1.54, 1.807) is 19.1 Å². The van der Waals surface area contributed by atoms with E-state index >= 15 is 0 Å². The molecule has 0 saturated carbocycles. The third kappa shape index (κ3) is 2.05. The molecule has 0 aliphatic rings. The molecule has 0 unspecified atom stereocenters. The van der Waals surface area contributed by atoms with Gasteiger partial charge in [0.2, 0.25) is 9.84 Å². The summed E-state index contributed by atoms with van der Waals surface area (Å²) < 4.78 is 27.7. The van der Waals surface area contributed by atoms with Gasteiger partial charge in [-0.1, -0.05) is 6.07 Å². The Hall–Kier alpha value is -1.07. The topological polar surface area (TPSA) is 63.6 Å². The summed E-state index contributed by atoms with van der Waals surface area (Å²) in [5, 5.41) is 8.71. The predicted octanol–water partition coefficient (Wildman–Crippen LogP) is 0.727. The molecule has 1 rings (SSSR count). The third-order valence-corrected chi connectivity index (χ3v) is 3.15. The van der Waals surface area contributed by atoms with Crippen LogP contribution in [0.15, 0.2) is 23.1 Å². The number of aryl methyl sites for hydroxylation is 1. The predicted molar refractivity (Wildman–Crippen MR) is 52.0 cm³/mol. The van der Waals surface area contributed by atoms with Crippen molar-refractivity contribution in [3.63, 3.8) is 0 Å². The van der Waals surface area contributed by atoms with Gasteiger partial charge in [-0.3, -0.25) is 0 Å². The van der Waals surface area contributed by atoms with Gasteiger partial charge in [0.25, 0.3) is 0 Å². The van der Waals surface area contributed by atoms with Crippen LogP contribution in [0.1, 0.15) is 5.56 Å². The van der Waals surface area contributed by atoms with Crippen LogP contribution in [0.4, 0.5) is 0 Å². The maximum Gasteiger partial charge on any atom is 0.205 e. The van der Waals surface area contributed by atoms with Crippen molar-refractivity contribution in [3.05, 3.63) is 23.8 Å². The Morgan fingerprint density at radius 2 is 2.07 bits per heavy atom. The van der Waals surface area contributed by atoms with Crippen LogP contribution in [0.3, 0.4) is 0 Å². The highest BCUT2D eigenvalue weighted by atomic mass is 32.2. The molecule has 0 fully saturated rings. The first-order valence-electron chi connectivity index (χ1n) is 3.99. The summed E-state index contributed by atoms with van der Waals surface area (Å²) in [6.45, 7) is 1.77. The standard InChI is InChI=1S/C9H12O4S/c1-7-3-4-8(13-2)9(5-7)14(11,12)6-10/h3-5,10H,6H2,1-2H3. The number of hydrogen-bond acceptors (Lipinski definition) is 4. The smallest absolute Gasteiger partial charge is 0.205 e. The molecule has 14 heavy (non-hydrogen) atoms. The van der Waals surface area contributed by atoms with E-state index in [-0.39, 0.29) is 10.6 Å². The van der Waals surface area contributed by atoms with Crippen molar-refractivity contribution in [1.82, 2.24) is 0 Å². The Morgan fingerprint density at radius 3 is 2.57 bits per heavy atom. The number of aliphatic hydroxyl groups excluding tert-OH is 1. The summed E-state index contributed by atoms with van der Waals surface area (Å²) in [4.78, 5) is 0.0301. The van der Waals surface area contributed by atoms with Crippen LogP contribution in [-0.2, 0) is 9.84 Å². The van der Waals surface area contributed by atoms with Crippen LogP contribution in [0.2, 0.25) is 0 Å². The van der Waals surface area contributed by atoms with Crippen LogP contribution >= 0.6 is 0 Å². The second-order valence-electron chi connectivity index (χ2n) is 2.90. The number of rotatable bonds is 3. The fourth-order valence-corrected chi connectivity index (χ4v) is 2.06. The number of aliphatic hydroxyl groups is 1. The molecule has 0 aliphatic heterocycles. The highest BCUT2D eigenvalue weighted by Gasteiger charge is 2.18. The van der Waals surface area contributed by atoms with Crippen molar-refractivity contribution in [1.29, 1.82) is 0 Å². The van der Waals surface area contributed by atoms with Crippen LogP contribution < -0.4 is 4.74 Å². The Morgan fingerprint density at radius 1 is 1.43 bits per heavy atom. The first kappa shape index (κ1) is 11.0. The molecule has 0 radical (unpaired) electrons. The minimum absolute atomic E-state index is 0.0301. The van der Waals surface area contributed by atoms with Gasteiger partial charge in [0.1, 0.15) is 16.6 Å². The molecule has 0 atom stereocenters. The van der Waals surface area contributed by atoms with Crippen molar-refractivity contribution in [2.24, 2.45) is 0 Å². The normalized spacial score (nSPS) is 11.4. The average Bonchev–Trinajstić information content (AvgIpc) is 2.18. The highest BCUT2D eigenvalue weighted by molar-refractivity contribution is 7.91. The van der Waals surface area contributed by atoms with Gasteiger partial charge in [0.15, 0.2) is 0 Å². The Balaban J connectivity index is 3.39. The molecule has 0 aliphatic carbocycles. The van der Waals surface area contributed by atoms with E-state index in [1.807, 2.05) is 0 Å². The first-order chi connectivity index (χ1) is 6.51. The maximum atomic E-state index is 11.4. The third-order valence-electron chi connectivity index (χ3n) is 1.82. The summed E-state index contributed by atoms with van der Waals surface area (Å²) in [5.74, 6) is -0.656. The van der Waals surface area contributed by atoms with Gasteiger partial charge in [-0.2, -0.15) is 0 Å². The van der Waals surface area contributed by atoms with Crippen LogP contribution in [0.25, 0.3) is 0 Å². The van der Waals surface area contributed by atoms with Crippen LogP contribution in [-0.4, -0.2) is 26.6 Å². The van der Waals surface area contributed by atoms with E-state index in [0.29, 0.717) is 0 Å². The largest absolute Gasteiger partial charge is 0.495 e. The first-order valence-corrected chi connectivity index (χ1v) is 5.65. The minimum Gasteiger partial charge on any atom is -0.495 e. The van der Waals surface area contributed by atoms with Crippen LogP contribution in [0, 0.1) is 6.92 Å². The van der Waals surface area contributed by atoms with Gasteiger partial charge in [0, 0.05) is 0 Å². The fraction of sp³-hybridized carbons (Fsp3) is 0.333. The van der Waals surface area contributed by atoms with E-state index in [2.05, 4.69) is 0 Å². The summed E-state index contributed by atoms with van der Waals surface area (Å²) in [5.41, 5.74) is 0.804. The van der Waals surface area contributed by atoms with Crippen LogP contribution in [0.5, 0.6) is 5.75 Å². The maximum absolute atomic E-state index is 11.4. The monoisotopic (exact) mass is 216 g/mol. The van der Waals surface area contributed by atoms with Gasteiger partial charge < -0.3 is 9.84 Å². The lowest BCUT2D eigenvalue weighted by Crippen LogP contribution is -2.07. The van der Waals surface area contributed by atoms with Crippen molar-refractivity contribution in [2.45, 2.75) is 11.8 Å². The summed E-state index contributed by atoms with van der Waals surface area (Å²) in [6.07, 6.45) is 0. The Bertz CT molecular complexity index is 422. The van der Waals surface area contributed by atoms with E-state index < -0.39 is 15.8 Å². The number of methoxy groups -OCH3 is 1. The molecule has 4 nitrogen and oxygen atoms in total. The molecule has 1 aromatic rings. The van der Waals surface area contributed by atoms with Crippen molar-refractivity contribution < 1.29 is 18.3 Å². The molecule has 0 heterocycles. The zero-order valence-electron chi connectivity index (χ0n) is 8.02. The molecule has 1 N–H and O–H groups in total. The van der Waals surface area contributed by atoms with E-state index in [0.717, 1.165) is 5.56 Å². The molecule has 0 saturated heterocycles. The SMILES string of the molecule is COc1ccc(C)cc1S(=O)(=O)CO. The van der Waals surface area contributed by atoms with Gasteiger partial charge in [-0.15, -0.1) is 0 Å². The van der Waals surface area contributed by atoms with Gasteiger partial charge >= 0.3 is 0 Å². The summed E-state index contributed by atoms with van der Waals surface area (Å²) >= 11 is 0. The molecule has 78 valence electrons. The number of hydrogen-bond donors (Lipinski definition) is 1. The zero-order chi connectivity index (χ0) is 10.8. The van der Waals surface area contributed by atoms with Gasteiger partial charge in [0.05, 0.1) is 7.11 Å². The average molecular weight is 216 g/mol. The number of ether oxygens (including phenoxy) is 1. The van der Waals surface area contributed by atoms with Crippen molar-refractivity contribution in [2.75, 3.05) is 13.0 Å². The van der Waals surface area contributed by atoms with Crippen molar-refractivity contribution in [3.8, 4) is 5.75 Å². The van der Waals surface area contributed by atoms with E-state index in [4.69, 9.17) is 9.84 Å². The molecule has 0 amide bonds. The minimum atomic E-state index is -3.63. The summed E-state index contributed by atoms with van der Waals surface area (Å²) in [6, 6.07) is 4.79. The van der Waals surface area contributed by atoms with Gasteiger partial charge in [-0.05, 0) is 24.6 Å². The zero-order valence-corrected chi connectivity index (χ0v) is 8.84. The van der Waals surface area contributed by atoms with Gasteiger partial charge in [-0.25, -0.2) is 8.42 Å². The molecular weight excluding hydrogens is 204 g/mol. The fourth-order valence-electron chi connectivity index (χ4n) is 1.10.